The standard InChI is InChI=1S/C7H7NO4/c8-7(11)12-6-4(9)2-1-3-5(6)10/h1-3,9-10H,(H2,8,11). The highest BCUT2D eigenvalue weighted by Gasteiger charge is 2.09. The molecule has 0 atom stereocenters. The molecule has 1 aromatic carbocycles. The fourth-order valence-corrected chi connectivity index (χ4v) is 0.718. The summed E-state index contributed by atoms with van der Waals surface area (Å²) >= 11 is 0. The number of carbonyl (C=O) groups excluding carboxylic acids is 1. The van der Waals surface area contributed by atoms with Crippen molar-refractivity contribution in [1.82, 2.24) is 0 Å². The van der Waals surface area contributed by atoms with Crippen LogP contribution in [0.3, 0.4) is 0 Å². The zero-order valence-electron chi connectivity index (χ0n) is 6.02. The molecule has 4 N–H and O–H groups in total. The molecule has 5 nitrogen and oxygen atoms in total. The van der Waals surface area contributed by atoms with Crippen molar-refractivity contribution in [3.8, 4) is 17.2 Å². The number of ether oxygens (including phenoxy) is 1. The molecule has 1 amide bonds. The predicted octanol–water partition coefficient (Wildman–Crippen LogP) is 0.555. The van der Waals surface area contributed by atoms with Crippen LogP contribution in [0.5, 0.6) is 17.2 Å². The van der Waals surface area contributed by atoms with Crippen LogP contribution in [-0.2, 0) is 0 Å². The monoisotopic (exact) mass is 169 g/mol. The first-order chi connectivity index (χ1) is 5.61. The Labute approximate surface area is 68.0 Å². The Hall–Kier alpha value is -1.91. The van der Waals surface area contributed by atoms with Gasteiger partial charge in [-0.15, -0.1) is 0 Å². The molecule has 64 valence electrons. The Morgan fingerprint density at radius 2 is 1.83 bits per heavy atom. The minimum atomic E-state index is -1.09. The van der Waals surface area contributed by atoms with Gasteiger partial charge in [0, 0.05) is 0 Å². The van der Waals surface area contributed by atoms with Gasteiger partial charge >= 0.3 is 6.09 Å². The summed E-state index contributed by atoms with van der Waals surface area (Å²) in [5.74, 6) is -1.01. The minimum absolute atomic E-state index is 0.329. The summed E-state index contributed by atoms with van der Waals surface area (Å²) in [5, 5.41) is 18.1. The molecule has 0 saturated heterocycles. The summed E-state index contributed by atoms with van der Waals surface area (Å²) in [4.78, 5) is 10.3. The van der Waals surface area contributed by atoms with Gasteiger partial charge in [0.2, 0.25) is 5.75 Å². The quantitative estimate of drug-likeness (QED) is 0.572. The van der Waals surface area contributed by atoms with Gasteiger partial charge in [-0.25, -0.2) is 4.79 Å². The average molecular weight is 169 g/mol. The Morgan fingerprint density at radius 1 is 1.33 bits per heavy atom. The van der Waals surface area contributed by atoms with E-state index in [0.29, 0.717) is 0 Å². The van der Waals surface area contributed by atoms with E-state index in [9.17, 15) is 4.79 Å². The molecule has 1 rings (SSSR count). The van der Waals surface area contributed by atoms with Gasteiger partial charge in [0.25, 0.3) is 0 Å². The third kappa shape index (κ3) is 1.57. The maximum atomic E-state index is 10.3. The highest BCUT2D eigenvalue weighted by atomic mass is 16.6. The Balaban J connectivity index is 3.04. The number of benzene rings is 1. The molecular formula is C7H7NO4. The fraction of sp³-hybridized carbons (Fsp3) is 0. The third-order valence-corrected chi connectivity index (χ3v) is 1.18. The molecule has 0 heterocycles. The Morgan fingerprint density at radius 3 is 2.25 bits per heavy atom. The van der Waals surface area contributed by atoms with Gasteiger partial charge in [-0.2, -0.15) is 0 Å². The minimum Gasteiger partial charge on any atom is -0.504 e. The van der Waals surface area contributed by atoms with Gasteiger partial charge < -0.3 is 20.7 Å². The predicted molar refractivity (Wildman–Crippen MR) is 40.0 cm³/mol. The molecule has 0 aromatic heterocycles. The van der Waals surface area contributed by atoms with Crippen LogP contribution in [0.4, 0.5) is 4.79 Å². The van der Waals surface area contributed by atoms with Crippen molar-refractivity contribution in [3.63, 3.8) is 0 Å². The van der Waals surface area contributed by atoms with Crippen LogP contribution in [0.2, 0.25) is 0 Å². The van der Waals surface area contributed by atoms with Crippen LogP contribution in [-0.4, -0.2) is 16.3 Å². The Kier molecular flexibility index (Phi) is 2.05. The number of phenols is 2. The van der Waals surface area contributed by atoms with E-state index in [0.717, 1.165) is 0 Å². The lowest BCUT2D eigenvalue weighted by molar-refractivity contribution is 0.206. The number of primary amides is 1. The number of hydrogen-bond acceptors (Lipinski definition) is 4. The van der Waals surface area contributed by atoms with Crippen molar-refractivity contribution in [3.05, 3.63) is 18.2 Å². The molecule has 1 aromatic rings. The maximum absolute atomic E-state index is 10.3. The highest BCUT2D eigenvalue weighted by Crippen LogP contribution is 2.34. The molecule has 0 spiro atoms. The first kappa shape index (κ1) is 8.19. The van der Waals surface area contributed by atoms with Gasteiger partial charge in [0.15, 0.2) is 11.5 Å². The van der Waals surface area contributed by atoms with Crippen LogP contribution in [0.15, 0.2) is 18.2 Å². The highest BCUT2D eigenvalue weighted by molar-refractivity contribution is 5.70. The number of nitrogens with two attached hydrogens (primary N) is 1. The van der Waals surface area contributed by atoms with Crippen molar-refractivity contribution >= 4 is 6.09 Å². The summed E-state index contributed by atoms with van der Waals surface area (Å²) in [5.41, 5.74) is 4.68. The SMILES string of the molecule is NC(=O)Oc1c(O)cccc1O. The summed E-state index contributed by atoms with van der Waals surface area (Å²) in [6.45, 7) is 0. The van der Waals surface area contributed by atoms with E-state index in [4.69, 9.17) is 10.2 Å². The second kappa shape index (κ2) is 3.00. The zero-order valence-corrected chi connectivity index (χ0v) is 6.02. The Bertz CT molecular complexity index is 290. The smallest absolute Gasteiger partial charge is 0.410 e. The van der Waals surface area contributed by atoms with Crippen molar-refractivity contribution in [1.29, 1.82) is 0 Å². The summed E-state index contributed by atoms with van der Waals surface area (Å²) in [6, 6.07) is 3.93. The summed E-state index contributed by atoms with van der Waals surface area (Å²) in [7, 11) is 0. The molecule has 0 saturated carbocycles. The van der Waals surface area contributed by atoms with Crippen molar-refractivity contribution in [2.45, 2.75) is 0 Å². The van der Waals surface area contributed by atoms with E-state index < -0.39 is 6.09 Å². The molecule has 12 heavy (non-hydrogen) atoms. The largest absolute Gasteiger partial charge is 0.504 e. The van der Waals surface area contributed by atoms with Gasteiger partial charge in [-0.3, -0.25) is 0 Å². The van der Waals surface area contributed by atoms with Crippen LogP contribution >= 0.6 is 0 Å². The maximum Gasteiger partial charge on any atom is 0.410 e. The molecule has 0 aliphatic carbocycles. The first-order valence-corrected chi connectivity index (χ1v) is 3.09. The van der Waals surface area contributed by atoms with Crippen LogP contribution in [0, 0.1) is 0 Å². The van der Waals surface area contributed by atoms with E-state index in [1.165, 1.54) is 18.2 Å². The molecule has 0 bridgehead atoms. The van der Waals surface area contributed by atoms with E-state index >= 15 is 0 Å². The average Bonchev–Trinajstić information content (AvgIpc) is 1.97. The van der Waals surface area contributed by atoms with Crippen LogP contribution < -0.4 is 10.5 Å². The molecule has 0 radical (unpaired) electrons. The lowest BCUT2D eigenvalue weighted by atomic mass is 10.3. The number of carbonyl (C=O) groups is 1. The third-order valence-electron chi connectivity index (χ3n) is 1.18. The van der Waals surface area contributed by atoms with E-state index in [1.54, 1.807) is 0 Å². The molecule has 0 aliphatic heterocycles. The lowest BCUT2D eigenvalue weighted by Gasteiger charge is -2.04. The number of para-hydroxylation sites is 1. The normalized spacial score (nSPS) is 9.33. The van der Waals surface area contributed by atoms with Crippen molar-refractivity contribution in [2.24, 2.45) is 5.73 Å². The van der Waals surface area contributed by atoms with E-state index in [2.05, 4.69) is 10.5 Å². The van der Waals surface area contributed by atoms with Gasteiger partial charge in [-0.05, 0) is 12.1 Å². The molecule has 0 aliphatic rings. The van der Waals surface area contributed by atoms with Crippen LogP contribution in [0.25, 0.3) is 0 Å². The number of amides is 1. The van der Waals surface area contributed by atoms with E-state index in [-0.39, 0.29) is 17.2 Å². The molecule has 0 fully saturated rings. The van der Waals surface area contributed by atoms with Crippen LogP contribution in [0.1, 0.15) is 0 Å². The fourth-order valence-electron chi connectivity index (χ4n) is 0.718. The van der Waals surface area contributed by atoms with Gasteiger partial charge in [-0.1, -0.05) is 6.07 Å². The van der Waals surface area contributed by atoms with Gasteiger partial charge in [0.1, 0.15) is 0 Å². The number of phenolic OH excluding ortho intramolecular Hbond substituents is 2. The van der Waals surface area contributed by atoms with Crippen molar-refractivity contribution in [2.75, 3.05) is 0 Å². The van der Waals surface area contributed by atoms with Gasteiger partial charge in [0.05, 0.1) is 0 Å². The zero-order chi connectivity index (χ0) is 9.14. The topological polar surface area (TPSA) is 92.8 Å². The number of aromatic hydroxyl groups is 2. The van der Waals surface area contributed by atoms with Crippen molar-refractivity contribution < 1.29 is 19.7 Å². The second-order valence-corrected chi connectivity index (χ2v) is 2.05. The second-order valence-electron chi connectivity index (χ2n) is 2.05. The summed E-state index contributed by atoms with van der Waals surface area (Å²) < 4.78 is 4.31. The summed E-state index contributed by atoms with van der Waals surface area (Å²) in [6.07, 6.45) is -1.09. The number of hydrogen-bond donors (Lipinski definition) is 3. The van der Waals surface area contributed by atoms with E-state index in [1.807, 2.05) is 0 Å². The number of rotatable bonds is 1. The molecule has 0 unspecified atom stereocenters. The molecule has 5 heteroatoms. The molecular weight excluding hydrogens is 162 g/mol. The lowest BCUT2D eigenvalue weighted by Crippen LogP contribution is -2.16. The first-order valence-electron chi connectivity index (χ1n) is 3.09.